The van der Waals surface area contributed by atoms with Crippen LogP contribution in [0.3, 0.4) is 0 Å². The van der Waals surface area contributed by atoms with E-state index in [0.29, 0.717) is 11.8 Å². The first-order valence-corrected chi connectivity index (χ1v) is 9.85. The second-order valence-corrected chi connectivity index (χ2v) is 8.13. The second-order valence-electron chi connectivity index (χ2n) is 6.82. The van der Waals surface area contributed by atoms with Gasteiger partial charge in [0.2, 0.25) is 5.91 Å². The molecule has 0 unspecified atom stereocenters. The smallest absolute Gasteiger partial charge is 0.237 e. The Morgan fingerprint density at radius 1 is 1.32 bits per heavy atom. The van der Waals surface area contributed by atoms with E-state index >= 15 is 0 Å². The van der Waals surface area contributed by atoms with Crippen LogP contribution in [0.4, 0.5) is 5.69 Å². The zero-order chi connectivity index (χ0) is 18.0. The number of anilines is 1. The molecule has 0 radical (unpaired) electrons. The Kier molecular flexibility index (Phi) is 5.47. The average molecular weight is 359 g/mol. The minimum absolute atomic E-state index is 0.00303. The molecule has 1 aliphatic rings. The van der Waals surface area contributed by atoms with Crippen LogP contribution >= 0.6 is 11.8 Å². The van der Waals surface area contributed by atoms with Crippen molar-refractivity contribution < 1.29 is 4.79 Å². The Balaban J connectivity index is 1.67. The van der Waals surface area contributed by atoms with Crippen LogP contribution in [-0.2, 0) is 11.8 Å². The molecule has 1 amide bonds. The molecular weight excluding hydrogens is 332 g/mol. The fourth-order valence-corrected chi connectivity index (χ4v) is 3.65. The van der Waals surface area contributed by atoms with Crippen molar-refractivity contribution in [3.8, 4) is 0 Å². The lowest BCUT2D eigenvalue weighted by molar-refractivity contribution is -0.115. The van der Waals surface area contributed by atoms with E-state index in [0.717, 1.165) is 23.1 Å². The fraction of sp³-hybridized carbons (Fsp3) is 0.526. The molecule has 1 N–H and O–H groups in total. The third kappa shape index (κ3) is 4.06. The number of nitrogens with zero attached hydrogens (tertiary/aromatic N) is 3. The van der Waals surface area contributed by atoms with Gasteiger partial charge in [-0.1, -0.05) is 43.8 Å². The van der Waals surface area contributed by atoms with Gasteiger partial charge in [0.25, 0.3) is 0 Å². The van der Waals surface area contributed by atoms with Crippen LogP contribution in [0.15, 0.2) is 29.4 Å². The highest BCUT2D eigenvalue weighted by Crippen LogP contribution is 2.39. The molecule has 0 aliphatic heterocycles. The van der Waals surface area contributed by atoms with E-state index in [1.54, 1.807) is 0 Å². The topological polar surface area (TPSA) is 59.8 Å². The molecule has 0 saturated heterocycles. The zero-order valence-corrected chi connectivity index (χ0v) is 16.1. The third-order valence-corrected chi connectivity index (χ3v) is 5.96. The Hall–Kier alpha value is -1.82. The fourth-order valence-electron chi connectivity index (χ4n) is 2.83. The molecule has 0 spiro atoms. The van der Waals surface area contributed by atoms with E-state index in [9.17, 15) is 4.79 Å². The highest BCUT2D eigenvalue weighted by Gasteiger charge is 2.30. The first kappa shape index (κ1) is 18.0. The number of hydrogen-bond acceptors (Lipinski definition) is 4. The van der Waals surface area contributed by atoms with Gasteiger partial charge >= 0.3 is 0 Å². The predicted molar refractivity (Wildman–Crippen MR) is 102 cm³/mol. The number of aromatic nitrogens is 3. The maximum absolute atomic E-state index is 12.7. The van der Waals surface area contributed by atoms with Crippen molar-refractivity contribution >= 4 is 23.4 Å². The van der Waals surface area contributed by atoms with E-state index in [-0.39, 0.29) is 11.2 Å². The van der Waals surface area contributed by atoms with Crippen molar-refractivity contribution in [3.63, 3.8) is 0 Å². The van der Waals surface area contributed by atoms with Gasteiger partial charge in [0.05, 0.1) is 5.25 Å². The van der Waals surface area contributed by atoms with Gasteiger partial charge in [0.15, 0.2) is 5.16 Å². The molecule has 1 heterocycles. The molecule has 1 aliphatic carbocycles. The number of nitrogens with one attached hydrogen (secondary N) is 1. The largest absolute Gasteiger partial charge is 0.325 e. The quantitative estimate of drug-likeness (QED) is 0.749. The van der Waals surface area contributed by atoms with E-state index in [1.807, 2.05) is 36.7 Å². The van der Waals surface area contributed by atoms with Crippen molar-refractivity contribution in [2.45, 2.75) is 62.3 Å². The van der Waals surface area contributed by atoms with Crippen LogP contribution in [0.1, 0.15) is 63.3 Å². The summed E-state index contributed by atoms with van der Waals surface area (Å²) < 4.78 is 2.03. The third-order valence-electron chi connectivity index (χ3n) is 4.82. The minimum Gasteiger partial charge on any atom is -0.325 e. The Morgan fingerprint density at radius 3 is 2.72 bits per heavy atom. The SMILES string of the molecule is CC[C@@H](C)c1ccccc1NC(=O)[C@H](C)Sc1nnc(C2CC2)n1C. The van der Waals surface area contributed by atoms with Gasteiger partial charge in [-0.2, -0.15) is 0 Å². The maximum Gasteiger partial charge on any atom is 0.237 e. The Labute approximate surface area is 153 Å². The van der Waals surface area contributed by atoms with Gasteiger partial charge in [-0.15, -0.1) is 10.2 Å². The summed E-state index contributed by atoms with van der Waals surface area (Å²) in [6, 6.07) is 8.05. The van der Waals surface area contributed by atoms with Gasteiger partial charge < -0.3 is 9.88 Å². The molecule has 2 atom stereocenters. The van der Waals surface area contributed by atoms with Gasteiger partial charge in [0.1, 0.15) is 5.82 Å². The number of thioether (sulfide) groups is 1. The van der Waals surface area contributed by atoms with Crippen molar-refractivity contribution in [2.24, 2.45) is 7.05 Å². The molecule has 6 heteroatoms. The maximum atomic E-state index is 12.7. The highest BCUT2D eigenvalue weighted by molar-refractivity contribution is 8.00. The van der Waals surface area contributed by atoms with E-state index in [1.165, 1.54) is 30.2 Å². The number of para-hydroxylation sites is 1. The van der Waals surface area contributed by atoms with Crippen LogP contribution in [0.25, 0.3) is 0 Å². The van der Waals surface area contributed by atoms with Crippen molar-refractivity contribution in [3.05, 3.63) is 35.7 Å². The molecule has 134 valence electrons. The first-order valence-electron chi connectivity index (χ1n) is 8.97. The van der Waals surface area contributed by atoms with E-state index in [4.69, 9.17) is 0 Å². The van der Waals surface area contributed by atoms with Crippen LogP contribution < -0.4 is 5.32 Å². The molecule has 5 nitrogen and oxygen atoms in total. The molecule has 1 aromatic heterocycles. The highest BCUT2D eigenvalue weighted by atomic mass is 32.2. The summed E-state index contributed by atoms with van der Waals surface area (Å²) in [5, 5.41) is 12.2. The molecule has 1 fully saturated rings. The summed E-state index contributed by atoms with van der Waals surface area (Å²) in [6.45, 7) is 6.26. The van der Waals surface area contributed by atoms with Crippen LogP contribution in [-0.4, -0.2) is 25.9 Å². The first-order chi connectivity index (χ1) is 12.0. The minimum atomic E-state index is -0.236. The summed E-state index contributed by atoms with van der Waals surface area (Å²) >= 11 is 1.46. The van der Waals surface area contributed by atoms with Crippen LogP contribution in [0, 0.1) is 0 Å². The lowest BCUT2D eigenvalue weighted by atomic mass is 9.97. The number of benzene rings is 1. The molecule has 0 bridgehead atoms. The average Bonchev–Trinajstić information content (AvgIpc) is 3.39. The van der Waals surface area contributed by atoms with Crippen molar-refractivity contribution in [2.75, 3.05) is 5.32 Å². The Morgan fingerprint density at radius 2 is 2.04 bits per heavy atom. The van der Waals surface area contributed by atoms with E-state index in [2.05, 4.69) is 35.4 Å². The van der Waals surface area contributed by atoms with Gasteiger partial charge in [-0.05, 0) is 43.7 Å². The second kappa shape index (κ2) is 7.60. The Bertz CT molecular complexity index is 754. The molecule has 1 aromatic carbocycles. The van der Waals surface area contributed by atoms with Gasteiger partial charge in [-0.3, -0.25) is 4.79 Å². The lowest BCUT2D eigenvalue weighted by Crippen LogP contribution is -2.23. The lowest BCUT2D eigenvalue weighted by Gasteiger charge is -2.17. The number of rotatable bonds is 7. The number of hydrogen-bond donors (Lipinski definition) is 1. The van der Waals surface area contributed by atoms with Crippen LogP contribution in [0.5, 0.6) is 0 Å². The molecule has 1 saturated carbocycles. The molecule has 2 aromatic rings. The van der Waals surface area contributed by atoms with Crippen molar-refractivity contribution in [1.82, 2.24) is 14.8 Å². The number of carbonyl (C=O) groups is 1. The van der Waals surface area contributed by atoms with Crippen molar-refractivity contribution in [1.29, 1.82) is 0 Å². The summed E-state index contributed by atoms with van der Waals surface area (Å²) in [5.41, 5.74) is 2.09. The standard InChI is InChI=1S/C19H26N4OS/c1-5-12(2)15-8-6-7-9-16(15)20-18(24)13(3)25-19-22-21-17(23(19)4)14-10-11-14/h6-9,12-14H,5,10-11H2,1-4H3,(H,20,24)/t12-,13+/m1/s1. The molecule has 3 rings (SSSR count). The molecule has 25 heavy (non-hydrogen) atoms. The molecular formula is C19H26N4OS. The number of carbonyl (C=O) groups excluding carboxylic acids is 1. The van der Waals surface area contributed by atoms with Gasteiger partial charge in [0, 0.05) is 18.7 Å². The zero-order valence-electron chi connectivity index (χ0n) is 15.3. The monoisotopic (exact) mass is 358 g/mol. The number of amides is 1. The summed E-state index contributed by atoms with van der Waals surface area (Å²) in [7, 11) is 1.98. The summed E-state index contributed by atoms with van der Waals surface area (Å²) in [4.78, 5) is 12.7. The normalized spacial score (nSPS) is 16.5. The summed E-state index contributed by atoms with van der Waals surface area (Å²) in [5.74, 6) is 2.01. The van der Waals surface area contributed by atoms with E-state index < -0.39 is 0 Å². The summed E-state index contributed by atoms with van der Waals surface area (Å²) in [6.07, 6.45) is 3.43. The van der Waals surface area contributed by atoms with Crippen LogP contribution in [0.2, 0.25) is 0 Å². The van der Waals surface area contributed by atoms with Gasteiger partial charge in [-0.25, -0.2) is 0 Å². The predicted octanol–water partition coefficient (Wildman–Crippen LogP) is 4.33.